The van der Waals surface area contributed by atoms with Crippen molar-refractivity contribution in [2.45, 2.75) is 31.5 Å². The standard InChI is InChI=1S/C16H24ClN3O3S/c1-24(21,22)19-13-10-20(11-13)9-12-2-3-16(15(17)8-12)23-14-4-6-18-7-5-14/h2-3,8,13-14,18-19H,4-7,9-11H2,1H3. The van der Waals surface area contributed by atoms with Gasteiger partial charge in [-0.1, -0.05) is 17.7 Å². The first kappa shape index (κ1) is 17.9. The normalized spacial score (nSPS) is 20.8. The SMILES string of the molecule is CS(=O)(=O)NC1CN(Cc2ccc(OC3CCNCC3)c(Cl)c2)C1. The lowest BCUT2D eigenvalue weighted by atomic mass is 10.1. The number of hydrogen-bond donors (Lipinski definition) is 2. The minimum Gasteiger partial charge on any atom is -0.489 e. The molecular weight excluding hydrogens is 350 g/mol. The van der Waals surface area contributed by atoms with Gasteiger partial charge in [0.2, 0.25) is 10.0 Å². The zero-order chi connectivity index (χ0) is 17.2. The summed E-state index contributed by atoms with van der Waals surface area (Å²) >= 11 is 6.36. The summed E-state index contributed by atoms with van der Waals surface area (Å²) in [6.45, 7) is 4.17. The summed E-state index contributed by atoms with van der Waals surface area (Å²) in [4.78, 5) is 2.18. The maximum Gasteiger partial charge on any atom is 0.209 e. The second-order valence-corrected chi connectivity index (χ2v) is 8.80. The molecule has 3 rings (SSSR count). The lowest BCUT2D eigenvalue weighted by Crippen LogP contribution is -2.58. The third kappa shape index (κ3) is 5.07. The van der Waals surface area contributed by atoms with Crippen molar-refractivity contribution < 1.29 is 13.2 Å². The molecule has 0 aliphatic carbocycles. The van der Waals surface area contributed by atoms with Crippen LogP contribution in [0.15, 0.2) is 18.2 Å². The number of rotatable bonds is 6. The topological polar surface area (TPSA) is 70.7 Å². The van der Waals surface area contributed by atoms with Gasteiger partial charge < -0.3 is 10.1 Å². The summed E-state index contributed by atoms with van der Waals surface area (Å²) < 4.78 is 31.0. The molecule has 0 saturated carbocycles. The highest BCUT2D eigenvalue weighted by molar-refractivity contribution is 7.88. The number of nitrogens with one attached hydrogen (secondary N) is 2. The Labute approximate surface area is 148 Å². The van der Waals surface area contributed by atoms with E-state index in [-0.39, 0.29) is 12.1 Å². The van der Waals surface area contributed by atoms with Gasteiger partial charge in [0.1, 0.15) is 11.9 Å². The maximum atomic E-state index is 11.2. The molecule has 0 atom stereocenters. The van der Waals surface area contributed by atoms with E-state index in [1.54, 1.807) is 0 Å². The summed E-state index contributed by atoms with van der Waals surface area (Å²) in [6, 6.07) is 5.92. The van der Waals surface area contributed by atoms with Crippen LogP contribution in [-0.2, 0) is 16.6 Å². The van der Waals surface area contributed by atoms with Crippen LogP contribution in [0.3, 0.4) is 0 Å². The Morgan fingerprint density at radius 3 is 2.67 bits per heavy atom. The van der Waals surface area contributed by atoms with Gasteiger partial charge in [-0.3, -0.25) is 4.90 Å². The second kappa shape index (κ2) is 7.58. The molecule has 6 nitrogen and oxygen atoms in total. The van der Waals surface area contributed by atoms with E-state index >= 15 is 0 Å². The predicted octanol–water partition coefficient (Wildman–Crippen LogP) is 1.20. The largest absolute Gasteiger partial charge is 0.489 e. The molecule has 2 heterocycles. The van der Waals surface area contributed by atoms with Crippen LogP contribution in [0.4, 0.5) is 0 Å². The molecule has 2 fully saturated rings. The lowest BCUT2D eigenvalue weighted by molar-refractivity contribution is 0.132. The number of benzene rings is 1. The average Bonchev–Trinajstić information content (AvgIpc) is 2.47. The Hall–Kier alpha value is -0.860. The van der Waals surface area contributed by atoms with Crippen molar-refractivity contribution in [2.75, 3.05) is 32.4 Å². The third-order valence-corrected chi connectivity index (χ3v) is 5.38. The average molecular weight is 374 g/mol. The monoisotopic (exact) mass is 373 g/mol. The van der Waals surface area contributed by atoms with Gasteiger partial charge in [-0.15, -0.1) is 0 Å². The number of sulfonamides is 1. The van der Waals surface area contributed by atoms with Crippen LogP contribution in [0.1, 0.15) is 18.4 Å². The van der Waals surface area contributed by atoms with Gasteiger partial charge in [-0.25, -0.2) is 13.1 Å². The Bertz CT molecular complexity index is 671. The molecule has 0 unspecified atom stereocenters. The van der Waals surface area contributed by atoms with E-state index in [1.165, 1.54) is 6.26 Å². The van der Waals surface area contributed by atoms with Crippen LogP contribution in [0.2, 0.25) is 5.02 Å². The first-order valence-corrected chi connectivity index (χ1v) is 10.5. The first-order valence-electron chi connectivity index (χ1n) is 8.24. The highest BCUT2D eigenvalue weighted by Gasteiger charge is 2.28. The number of nitrogens with zero attached hydrogens (tertiary/aromatic N) is 1. The minimum absolute atomic E-state index is 0.0120. The van der Waals surface area contributed by atoms with Gasteiger partial charge in [0.05, 0.1) is 11.3 Å². The van der Waals surface area contributed by atoms with E-state index in [1.807, 2.05) is 18.2 Å². The summed E-state index contributed by atoms with van der Waals surface area (Å²) in [7, 11) is -3.13. The van der Waals surface area contributed by atoms with Crippen molar-refractivity contribution in [2.24, 2.45) is 0 Å². The molecule has 2 N–H and O–H groups in total. The Kier molecular flexibility index (Phi) is 5.66. The van der Waals surface area contributed by atoms with Gasteiger partial charge in [0.15, 0.2) is 0 Å². The van der Waals surface area contributed by atoms with Crippen molar-refractivity contribution in [3.05, 3.63) is 28.8 Å². The van der Waals surface area contributed by atoms with Crippen molar-refractivity contribution in [3.8, 4) is 5.75 Å². The molecule has 0 amide bonds. The van der Waals surface area contributed by atoms with Crippen LogP contribution >= 0.6 is 11.6 Å². The molecule has 1 aromatic rings. The summed E-state index contributed by atoms with van der Waals surface area (Å²) in [5.74, 6) is 0.743. The third-order valence-electron chi connectivity index (χ3n) is 4.32. The maximum absolute atomic E-state index is 11.2. The molecular formula is C16H24ClN3O3S. The highest BCUT2D eigenvalue weighted by atomic mass is 35.5. The van der Waals surface area contributed by atoms with Gasteiger partial charge in [0.25, 0.3) is 0 Å². The minimum atomic E-state index is -3.13. The van der Waals surface area contributed by atoms with Crippen molar-refractivity contribution in [3.63, 3.8) is 0 Å². The number of hydrogen-bond acceptors (Lipinski definition) is 5. The zero-order valence-corrected chi connectivity index (χ0v) is 15.4. The fourth-order valence-corrected chi connectivity index (χ4v) is 4.17. The van der Waals surface area contributed by atoms with Crippen molar-refractivity contribution in [1.29, 1.82) is 0 Å². The van der Waals surface area contributed by atoms with Crippen LogP contribution < -0.4 is 14.8 Å². The molecule has 0 radical (unpaired) electrons. The Balaban J connectivity index is 1.50. The van der Waals surface area contributed by atoms with E-state index < -0.39 is 10.0 Å². The number of halogens is 1. The Morgan fingerprint density at radius 1 is 1.33 bits per heavy atom. The van der Waals surface area contributed by atoms with Crippen molar-refractivity contribution in [1.82, 2.24) is 14.9 Å². The van der Waals surface area contributed by atoms with E-state index in [0.717, 1.165) is 56.9 Å². The second-order valence-electron chi connectivity index (χ2n) is 6.61. The molecule has 0 bridgehead atoms. The van der Waals surface area contributed by atoms with Gasteiger partial charge in [-0.2, -0.15) is 0 Å². The molecule has 134 valence electrons. The molecule has 1 aromatic carbocycles. The summed E-state index contributed by atoms with van der Waals surface area (Å²) in [5.41, 5.74) is 1.11. The highest BCUT2D eigenvalue weighted by Crippen LogP contribution is 2.28. The Morgan fingerprint density at radius 2 is 2.04 bits per heavy atom. The summed E-state index contributed by atoms with van der Waals surface area (Å²) in [6.07, 6.45) is 3.42. The summed E-state index contributed by atoms with van der Waals surface area (Å²) in [5, 5.41) is 3.95. The molecule has 2 aliphatic heterocycles. The smallest absolute Gasteiger partial charge is 0.209 e. The molecule has 8 heteroatoms. The fourth-order valence-electron chi connectivity index (χ4n) is 3.17. The van der Waals surface area contributed by atoms with Crippen LogP contribution in [0.25, 0.3) is 0 Å². The lowest BCUT2D eigenvalue weighted by Gasteiger charge is -2.39. The van der Waals surface area contributed by atoms with E-state index in [2.05, 4.69) is 14.9 Å². The molecule has 2 saturated heterocycles. The number of ether oxygens (including phenoxy) is 1. The van der Waals surface area contributed by atoms with Crippen LogP contribution in [0.5, 0.6) is 5.75 Å². The predicted molar refractivity (Wildman–Crippen MR) is 95.0 cm³/mol. The van der Waals surface area contributed by atoms with Crippen LogP contribution in [-0.4, -0.2) is 57.9 Å². The van der Waals surface area contributed by atoms with Crippen molar-refractivity contribution >= 4 is 21.6 Å². The quantitative estimate of drug-likeness (QED) is 0.784. The first-order chi connectivity index (χ1) is 11.4. The molecule has 0 aromatic heterocycles. The van der Waals surface area contributed by atoms with E-state index in [9.17, 15) is 8.42 Å². The fraction of sp³-hybridized carbons (Fsp3) is 0.625. The van der Waals surface area contributed by atoms with Gasteiger partial charge in [0, 0.05) is 25.7 Å². The number of likely N-dealkylation sites (tertiary alicyclic amines) is 1. The van der Waals surface area contributed by atoms with E-state index in [0.29, 0.717) is 5.02 Å². The zero-order valence-electron chi connectivity index (χ0n) is 13.8. The molecule has 0 spiro atoms. The molecule has 2 aliphatic rings. The van der Waals surface area contributed by atoms with Gasteiger partial charge in [-0.05, 0) is 43.6 Å². The van der Waals surface area contributed by atoms with E-state index in [4.69, 9.17) is 16.3 Å². The molecule has 24 heavy (non-hydrogen) atoms. The number of piperidine rings is 1. The van der Waals surface area contributed by atoms with Crippen LogP contribution in [0, 0.1) is 0 Å². The van der Waals surface area contributed by atoms with Gasteiger partial charge >= 0.3 is 0 Å².